The number of nitrogens with zero attached hydrogens (tertiary/aromatic N) is 2. The lowest BCUT2D eigenvalue weighted by atomic mass is 10.0. The fourth-order valence-electron chi connectivity index (χ4n) is 3.82. The van der Waals surface area contributed by atoms with E-state index in [4.69, 9.17) is 18.9 Å². The zero-order chi connectivity index (χ0) is 22.9. The molecule has 2 aliphatic rings. The minimum atomic E-state index is -1.13. The number of fused-ring (bicyclic) bond motifs is 1. The number of carbonyl (C=O) groups excluding carboxylic acids is 3. The number of hydrogen-bond acceptors (Lipinski definition) is 10. The molecule has 12 heteroatoms. The average molecular weight is 501 g/mol. The van der Waals surface area contributed by atoms with Crippen LogP contribution in [0.25, 0.3) is 0 Å². The summed E-state index contributed by atoms with van der Waals surface area (Å²) in [4.78, 5) is 47.6. The van der Waals surface area contributed by atoms with Crippen LogP contribution in [-0.2, 0) is 39.8 Å². The number of nitro groups is 1. The molecule has 0 aliphatic carbocycles. The molecule has 0 aromatic heterocycles. The molecule has 0 bridgehead atoms. The molecule has 0 unspecified atom stereocenters. The number of rotatable bonds is 5. The minimum absolute atomic E-state index is 0.121. The predicted octanol–water partition coefficient (Wildman–Crippen LogP) is 1.87. The standard InChI is InChI=1S/C19H21BrN2O9/c1-9(23)29-16-8-28-19(18(31-11(3)25)17(16)30-10(2)24)21-5-4-12-6-13(20)15(22(26)27)7-14(12)21/h6-7,16-19H,4-5,8H2,1-3H3/t16-,17-,18+,19+/m0/s1. The van der Waals surface area contributed by atoms with E-state index in [0.717, 1.165) is 5.56 Å². The summed E-state index contributed by atoms with van der Waals surface area (Å²) in [5.41, 5.74) is 1.26. The summed E-state index contributed by atoms with van der Waals surface area (Å²) in [6.45, 7) is 3.88. The predicted molar refractivity (Wildman–Crippen MR) is 108 cm³/mol. The molecule has 0 radical (unpaired) electrons. The van der Waals surface area contributed by atoms with Crippen molar-refractivity contribution in [1.29, 1.82) is 0 Å². The monoisotopic (exact) mass is 500 g/mol. The van der Waals surface area contributed by atoms with Gasteiger partial charge in [0.1, 0.15) is 0 Å². The highest BCUT2D eigenvalue weighted by Gasteiger charge is 2.50. The van der Waals surface area contributed by atoms with Gasteiger partial charge in [0.05, 0.1) is 16.0 Å². The second-order valence-corrected chi connectivity index (χ2v) is 8.01. The van der Waals surface area contributed by atoms with Crippen molar-refractivity contribution in [3.8, 4) is 0 Å². The number of hydrogen-bond donors (Lipinski definition) is 0. The van der Waals surface area contributed by atoms with Crippen LogP contribution in [0.1, 0.15) is 26.3 Å². The van der Waals surface area contributed by atoms with Crippen molar-refractivity contribution in [1.82, 2.24) is 0 Å². The number of halogens is 1. The molecule has 0 amide bonds. The zero-order valence-corrected chi connectivity index (χ0v) is 18.6. The number of nitro benzene ring substituents is 1. The maximum absolute atomic E-state index is 11.8. The van der Waals surface area contributed by atoms with Gasteiger partial charge in [0, 0.05) is 39.1 Å². The molecular weight excluding hydrogens is 480 g/mol. The topological polar surface area (TPSA) is 135 Å². The van der Waals surface area contributed by atoms with Crippen LogP contribution in [-0.4, -0.2) is 60.5 Å². The van der Waals surface area contributed by atoms with Gasteiger partial charge in [-0.05, 0) is 34.0 Å². The summed E-state index contributed by atoms with van der Waals surface area (Å²) in [7, 11) is 0. The van der Waals surface area contributed by atoms with Gasteiger partial charge in [0.2, 0.25) is 0 Å². The zero-order valence-electron chi connectivity index (χ0n) is 17.0. The van der Waals surface area contributed by atoms with Gasteiger partial charge in [-0.1, -0.05) is 0 Å². The molecule has 2 heterocycles. The van der Waals surface area contributed by atoms with Gasteiger partial charge in [-0.25, -0.2) is 0 Å². The summed E-state index contributed by atoms with van der Waals surface area (Å²) in [5.74, 6) is -1.92. The molecule has 168 valence electrons. The molecule has 1 aromatic carbocycles. The largest absolute Gasteiger partial charge is 0.456 e. The average Bonchev–Trinajstić information content (AvgIpc) is 3.05. The normalized spacial score (nSPS) is 24.8. The number of benzene rings is 1. The molecule has 1 aromatic rings. The van der Waals surface area contributed by atoms with E-state index in [1.54, 1.807) is 11.0 Å². The highest BCUT2D eigenvalue weighted by molar-refractivity contribution is 9.10. The second-order valence-electron chi connectivity index (χ2n) is 7.15. The molecule has 0 saturated carbocycles. The van der Waals surface area contributed by atoms with E-state index in [-0.39, 0.29) is 12.3 Å². The Morgan fingerprint density at radius 1 is 1.10 bits per heavy atom. The highest BCUT2D eigenvalue weighted by Crippen LogP contribution is 2.40. The van der Waals surface area contributed by atoms with Gasteiger partial charge < -0.3 is 23.8 Å². The van der Waals surface area contributed by atoms with Crippen LogP contribution < -0.4 is 4.90 Å². The van der Waals surface area contributed by atoms with Crippen LogP contribution in [0.5, 0.6) is 0 Å². The third kappa shape index (κ3) is 4.96. The van der Waals surface area contributed by atoms with Crippen molar-refractivity contribution >= 4 is 45.2 Å². The van der Waals surface area contributed by atoms with E-state index in [1.807, 2.05) is 0 Å². The lowest BCUT2D eigenvalue weighted by molar-refractivity contribution is -0.385. The van der Waals surface area contributed by atoms with Crippen LogP contribution >= 0.6 is 15.9 Å². The molecular formula is C19H21BrN2O9. The first-order chi connectivity index (χ1) is 14.6. The van der Waals surface area contributed by atoms with Crippen molar-refractivity contribution in [2.24, 2.45) is 0 Å². The first kappa shape index (κ1) is 22.9. The first-order valence-electron chi connectivity index (χ1n) is 9.45. The van der Waals surface area contributed by atoms with E-state index < -0.39 is 47.4 Å². The van der Waals surface area contributed by atoms with Crippen LogP contribution in [0, 0.1) is 10.1 Å². The lowest BCUT2D eigenvalue weighted by Crippen LogP contribution is -2.62. The Balaban J connectivity index is 1.99. The van der Waals surface area contributed by atoms with E-state index in [0.29, 0.717) is 23.1 Å². The van der Waals surface area contributed by atoms with Gasteiger partial charge in [0.25, 0.3) is 5.69 Å². The Morgan fingerprint density at radius 3 is 2.29 bits per heavy atom. The van der Waals surface area contributed by atoms with Gasteiger partial charge >= 0.3 is 17.9 Å². The van der Waals surface area contributed by atoms with Gasteiger partial charge in [-0.2, -0.15) is 0 Å². The second kappa shape index (κ2) is 9.18. The Labute approximate surface area is 185 Å². The first-order valence-corrected chi connectivity index (χ1v) is 10.2. The van der Waals surface area contributed by atoms with Gasteiger partial charge in [-0.15, -0.1) is 0 Å². The molecule has 0 N–H and O–H groups in total. The molecule has 4 atom stereocenters. The van der Waals surface area contributed by atoms with E-state index in [9.17, 15) is 24.5 Å². The van der Waals surface area contributed by atoms with Crippen LogP contribution in [0.2, 0.25) is 0 Å². The molecule has 11 nitrogen and oxygen atoms in total. The summed E-state index contributed by atoms with van der Waals surface area (Å²) >= 11 is 3.21. The molecule has 0 spiro atoms. The van der Waals surface area contributed by atoms with E-state index >= 15 is 0 Å². The Hall–Kier alpha value is -2.73. The van der Waals surface area contributed by atoms with E-state index in [1.165, 1.54) is 26.8 Å². The third-order valence-corrected chi connectivity index (χ3v) is 5.54. The Morgan fingerprint density at radius 2 is 1.71 bits per heavy atom. The highest BCUT2D eigenvalue weighted by atomic mass is 79.9. The fraction of sp³-hybridized carbons (Fsp3) is 0.526. The SMILES string of the molecule is CC(=O)O[C@@H]1[C@@H](OC(C)=O)[C@H](N2CCc3cc(Br)c([N+](=O)[O-])cc32)OC[C@@H]1OC(C)=O. The molecule has 1 fully saturated rings. The maximum atomic E-state index is 11.8. The minimum Gasteiger partial charge on any atom is -0.456 e. The third-order valence-electron chi connectivity index (χ3n) is 4.91. The number of ether oxygens (including phenoxy) is 4. The van der Waals surface area contributed by atoms with Crippen molar-refractivity contribution < 1.29 is 38.3 Å². The van der Waals surface area contributed by atoms with Crippen molar-refractivity contribution in [2.45, 2.75) is 51.7 Å². The summed E-state index contributed by atoms with van der Waals surface area (Å²) in [6.07, 6.45) is -3.57. The summed E-state index contributed by atoms with van der Waals surface area (Å²) < 4.78 is 22.3. The quantitative estimate of drug-likeness (QED) is 0.255. The molecule has 1 saturated heterocycles. The number of anilines is 1. The lowest BCUT2D eigenvalue weighted by Gasteiger charge is -2.44. The van der Waals surface area contributed by atoms with Crippen LogP contribution in [0.4, 0.5) is 11.4 Å². The van der Waals surface area contributed by atoms with Crippen LogP contribution in [0.3, 0.4) is 0 Å². The van der Waals surface area contributed by atoms with Crippen molar-refractivity contribution in [2.75, 3.05) is 18.1 Å². The Bertz CT molecular complexity index is 922. The summed E-state index contributed by atoms with van der Waals surface area (Å²) in [5, 5.41) is 11.4. The molecule has 3 rings (SSSR count). The maximum Gasteiger partial charge on any atom is 0.303 e. The fourth-order valence-corrected chi connectivity index (χ4v) is 4.35. The van der Waals surface area contributed by atoms with Crippen LogP contribution in [0.15, 0.2) is 16.6 Å². The molecule has 2 aliphatic heterocycles. The number of esters is 3. The van der Waals surface area contributed by atoms with Gasteiger partial charge in [0.15, 0.2) is 24.5 Å². The smallest absolute Gasteiger partial charge is 0.303 e. The van der Waals surface area contributed by atoms with Crippen molar-refractivity contribution in [3.63, 3.8) is 0 Å². The molecule has 31 heavy (non-hydrogen) atoms. The van der Waals surface area contributed by atoms with Crippen molar-refractivity contribution in [3.05, 3.63) is 32.3 Å². The van der Waals surface area contributed by atoms with E-state index in [2.05, 4.69) is 15.9 Å². The van der Waals surface area contributed by atoms with Gasteiger partial charge in [-0.3, -0.25) is 24.5 Å². The number of carbonyl (C=O) groups is 3. The Kier molecular flexibility index (Phi) is 6.80. The summed E-state index contributed by atoms with van der Waals surface area (Å²) in [6, 6.07) is 3.09.